The molecule has 1 unspecified atom stereocenters. The van der Waals surface area contributed by atoms with Crippen molar-refractivity contribution in [2.24, 2.45) is 0 Å². The first kappa shape index (κ1) is 43.1. The van der Waals surface area contributed by atoms with Gasteiger partial charge in [0, 0.05) is 33.7 Å². The van der Waals surface area contributed by atoms with Gasteiger partial charge in [-0.3, -0.25) is 0 Å². The van der Waals surface area contributed by atoms with E-state index in [0.29, 0.717) is 0 Å². The number of para-hydroxylation sites is 3. The summed E-state index contributed by atoms with van der Waals surface area (Å²) in [5.41, 5.74) is 27.9. The SMILES string of the molecule is c1ccc(-c2ccc(N(c3ccc(-c4ccc5c(c4)C4(c6ccccc6-5)c5ccccc5-n5c6ccccc6c6cccc4c65)c4c3C3c5ccccc5C4c4ccccc43)c3cc4ccccc4c4ccccc34)cc2)cc1. The highest BCUT2D eigenvalue weighted by Gasteiger charge is 2.51. The highest BCUT2D eigenvalue weighted by atomic mass is 15.1. The second kappa shape index (κ2) is 16.0. The molecule has 2 heterocycles. The molecular formula is C77H48N2. The summed E-state index contributed by atoms with van der Waals surface area (Å²) in [6.07, 6.45) is 0. The smallest absolute Gasteiger partial charge is 0.0754 e. The van der Waals surface area contributed by atoms with Crippen LogP contribution in [0.15, 0.2) is 279 Å². The summed E-state index contributed by atoms with van der Waals surface area (Å²) in [6, 6.07) is 106. The van der Waals surface area contributed by atoms with Gasteiger partial charge in [-0.2, -0.15) is 0 Å². The van der Waals surface area contributed by atoms with Crippen molar-refractivity contribution in [1.82, 2.24) is 4.57 Å². The van der Waals surface area contributed by atoms with Crippen molar-refractivity contribution in [2.75, 3.05) is 4.90 Å². The molecule has 0 saturated heterocycles. The third kappa shape index (κ3) is 5.64. The van der Waals surface area contributed by atoms with Crippen molar-refractivity contribution in [2.45, 2.75) is 17.3 Å². The van der Waals surface area contributed by atoms with Crippen molar-refractivity contribution >= 4 is 60.4 Å². The minimum absolute atomic E-state index is 0.00469. The minimum atomic E-state index is -0.569. The second-order valence-electron chi connectivity index (χ2n) is 22.1. The lowest BCUT2D eigenvalue weighted by Gasteiger charge is -2.45. The van der Waals surface area contributed by atoms with E-state index in [1.165, 1.54) is 149 Å². The quantitative estimate of drug-likeness (QED) is 0.156. The first-order valence-electron chi connectivity index (χ1n) is 27.8. The normalized spacial score (nSPS) is 16.7. The number of anilines is 3. The van der Waals surface area contributed by atoms with Crippen LogP contribution >= 0.6 is 0 Å². The van der Waals surface area contributed by atoms with Gasteiger partial charge in [-0.15, -0.1) is 0 Å². The number of hydrogen-bond donors (Lipinski definition) is 0. The van der Waals surface area contributed by atoms with Crippen LogP contribution in [0.5, 0.6) is 0 Å². The molecule has 1 aliphatic heterocycles. The molecule has 14 aromatic rings. The van der Waals surface area contributed by atoms with Gasteiger partial charge in [0.15, 0.2) is 0 Å². The van der Waals surface area contributed by atoms with Crippen LogP contribution in [0.3, 0.4) is 0 Å². The van der Waals surface area contributed by atoms with Gasteiger partial charge >= 0.3 is 0 Å². The predicted molar refractivity (Wildman–Crippen MR) is 327 cm³/mol. The Hall–Kier alpha value is -10.0. The Morgan fingerprint density at radius 2 is 0.873 bits per heavy atom. The zero-order valence-electron chi connectivity index (χ0n) is 43.1. The van der Waals surface area contributed by atoms with E-state index in [1.807, 2.05) is 0 Å². The number of benzene rings is 13. The van der Waals surface area contributed by atoms with E-state index in [4.69, 9.17) is 0 Å². The van der Waals surface area contributed by atoms with Crippen molar-refractivity contribution < 1.29 is 0 Å². The minimum Gasteiger partial charge on any atom is -0.310 e. The highest BCUT2D eigenvalue weighted by molar-refractivity contribution is 6.16. The van der Waals surface area contributed by atoms with E-state index in [0.717, 1.165) is 5.69 Å². The van der Waals surface area contributed by atoms with E-state index in [2.05, 4.69) is 289 Å². The lowest BCUT2D eigenvalue weighted by Crippen LogP contribution is -2.33. The predicted octanol–water partition coefficient (Wildman–Crippen LogP) is 19.6. The molecule has 2 bridgehead atoms. The lowest BCUT2D eigenvalue weighted by molar-refractivity contribution is 0.747. The summed E-state index contributed by atoms with van der Waals surface area (Å²) in [5, 5.41) is 7.52. The third-order valence-corrected chi connectivity index (χ3v) is 18.5. The van der Waals surface area contributed by atoms with E-state index >= 15 is 0 Å². The molecule has 13 aromatic carbocycles. The molecule has 19 rings (SSSR count). The lowest BCUT2D eigenvalue weighted by atomic mass is 9.59. The monoisotopic (exact) mass is 1000 g/mol. The Morgan fingerprint density at radius 3 is 1.66 bits per heavy atom. The van der Waals surface area contributed by atoms with Crippen LogP contribution in [-0.4, -0.2) is 4.57 Å². The largest absolute Gasteiger partial charge is 0.310 e. The zero-order chi connectivity index (χ0) is 51.5. The number of fused-ring (bicyclic) bond motifs is 15. The third-order valence-electron chi connectivity index (χ3n) is 18.5. The summed E-state index contributed by atoms with van der Waals surface area (Å²) < 4.78 is 2.55. The van der Waals surface area contributed by atoms with E-state index < -0.39 is 5.41 Å². The van der Waals surface area contributed by atoms with Gasteiger partial charge in [-0.25, -0.2) is 0 Å². The highest BCUT2D eigenvalue weighted by Crippen LogP contribution is 2.64. The summed E-state index contributed by atoms with van der Waals surface area (Å²) in [7, 11) is 0. The Morgan fingerprint density at radius 1 is 0.316 bits per heavy atom. The van der Waals surface area contributed by atoms with Gasteiger partial charge in [0.25, 0.3) is 0 Å². The summed E-state index contributed by atoms with van der Waals surface area (Å²) >= 11 is 0. The molecule has 2 heteroatoms. The first-order valence-corrected chi connectivity index (χ1v) is 27.8. The maximum Gasteiger partial charge on any atom is 0.0754 e. The average molecular weight is 1000 g/mol. The summed E-state index contributed by atoms with van der Waals surface area (Å²) in [4.78, 5) is 2.60. The van der Waals surface area contributed by atoms with Crippen LogP contribution < -0.4 is 4.90 Å². The van der Waals surface area contributed by atoms with Gasteiger partial charge in [-0.05, 0) is 148 Å². The molecule has 1 atom stereocenters. The van der Waals surface area contributed by atoms with E-state index in [-0.39, 0.29) is 11.8 Å². The molecule has 0 amide bonds. The van der Waals surface area contributed by atoms with Crippen molar-refractivity contribution in [1.29, 1.82) is 0 Å². The summed E-state index contributed by atoms with van der Waals surface area (Å²) in [5.74, 6) is 0.00667. The zero-order valence-corrected chi connectivity index (χ0v) is 43.1. The van der Waals surface area contributed by atoms with Crippen LogP contribution in [0.25, 0.3) is 82.4 Å². The first-order chi connectivity index (χ1) is 39.2. The van der Waals surface area contributed by atoms with Crippen LogP contribution in [0.2, 0.25) is 0 Å². The Balaban J connectivity index is 0.938. The van der Waals surface area contributed by atoms with Gasteiger partial charge in [0.1, 0.15) is 0 Å². The fraction of sp³-hybridized carbons (Fsp3) is 0.0390. The number of rotatable bonds is 5. The van der Waals surface area contributed by atoms with Crippen LogP contribution in [0.4, 0.5) is 17.1 Å². The molecule has 4 aliphatic carbocycles. The molecule has 366 valence electrons. The Kier molecular flexibility index (Phi) is 8.74. The Labute approximate surface area is 458 Å². The van der Waals surface area contributed by atoms with Gasteiger partial charge in [0.2, 0.25) is 0 Å². The Bertz CT molecular complexity index is 4880. The van der Waals surface area contributed by atoms with Crippen molar-refractivity contribution in [3.8, 4) is 39.1 Å². The number of hydrogen-bond acceptors (Lipinski definition) is 1. The maximum absolute atomic E-state index is 2.61. The van der Waals surface area contributed by atoms with E-state index in [9.17, 15) is 0 Å². The molecule has 0 saturated carbocycles. The van der Waals surface area contributed by atoms with Crippen LogP contribution in [-0.2, 0) is 5.41 Å². The van der Waals surface area contributed by atoms with Gasteiger partial charge in [0.05, 0.1) is 33.5 Å². The average Bonchev–Trinajstić information content (AvgIpc) is 2.89. The van der Waals surface area contributed by atoms with E-state index in [1.54, 1.807) is 0 Å². The molecule has 2 nitrogen and oxygen atoms in total. The number of aromatic nitrogens is 1. The molecule has 0 radical (unpaired) electrons. The van der Waals surface area contributed by atoms with Crippen molar-refractivity contribution in [3.63, 3.8) is 0 Å². The molecular weight excluding hydrogens is 953 g/mol. The fourth-order valence-electron chi connectivity index (χ4n) is 15.5. The van der Waals surface area contributed by atoms with Crippen molar-refractivity contribution in [3.05, 3.63) is 335 Å². The molecule has 0 N–H and O–H groups in total. The standard InChI is InChI=1S/C77H48N2/c1-2-19-47(20-3-1)48-37-40-51(41-38-48)78(71-46-49-21-4-5-22-52(49)54-23-6-7-25-57(54)71)70-44-43-53(74-72-59-27-8-10-29-61(59)73(75(70)74)62-30-11-9-28-60(62)72)50-39-42-56-55-24-12-14-32-64(55)77(67(56)45-50)65-33-15-17-36-69(65)79-68-35-16-13-26-58(68)63-31-18-34-66(77)76(63)79/h1-46,72-73H. The molecule has 1 aromatic heterocycles. The fourth-order valence-corrected chi connectivity index (χ4v) is 15.5. The molecule has 0 fully saturated rings. The summed E-state index contributed by atoms with van der Waals surface area (Å²) in [6.45, 7) is 0. The van der Waals surface area contributed by atoms with Gasteiger partial charge < -0.3 is 9.47 Å². The maximum atomic E-state index is 2.61. The number of nitrogens with zero attached hydrogens (tertiary/aromatic N) is 2. The molecule has 5 aliphatic rings. The van der Waals surface area contributed by atoms with Gasteiger partial charge in [-0.1, -0.05) is 237 Å². The topological polar surface area (TPSA) is 8.17 Å². The van der Waals surface area contributed by atoms with Crippen LogP contribution in [0, 0.1) is 0 Å². The second-order valence-corrected chi connectivity index (χ2v) is 22.1. The molecule has 79 heavy (non-hydrogen) atoms. The van der Waals surface area contributed by atoms with Crippen LogP contribution in [0.1, 0.15) is 67.5 Å². The molecule has 1 spiro atoms.